The van der Waals surface area contributed by atoms with Crippen LogP contribution in [0.25, 0.3) is 0 Å². The summed E-state index contributed by atoms with van der Waals surface area (Å²) < 4.78 is 0. The van der Waals surface area contributed by atoms with Gasteiger partial charge in [0, 0.05) is 6.04 Å². The minimum absolute atomic E-state index is 0.347. The van der Waals surface area contributed by atoms with Crippen LogP contribution in [-0.4, -0.2) is 6.04 Å². The van der Waals surface area contributed by atoms with Gasteiger partial charge in [-0.3, -0.25) is 0 Å². The molecule has 0 aliphatic heterocycles. The van der Waals surface area contributed by atoms with Gasteiger partial charge in [-0.05, 0) is 48.1 Å². The highest BCUT2D eigenvalue weighted by Crippen LogP contribution is 2.32. The smallest absolute Gasteiger partial charge is 0.0108 e. The van der Waals surface area contributed by atoms with E-state index in [2.05, 4.69) is 45.0 Å². The van der Waals surface area contributed by atoms with Gasteiger partial charge in [0.25, 0.3) is 0 Å². The molecule has 0 bridgehead atoms. The first-order valence-electron chi connectivity index (χ1n) is 7.40. The highest BCUT2D eigenvalue weighted by molar-refractivity contribution is 5.25. The van der Waals surface area contributed by atoms with Gasteiger partial charge in [-0.25, -0.2) is 0 Å². The lowest BCUT2D eigenvalue weighted by atomic mass is 9.91. The van der Waals surface area contributed by atoms with Crippen molar-refractivity contribution < 1.29 is 0 Å². The minimum Gasteiger partial charge on any atom is -0.327 e. The average molecular weight is 245 g/mol. The van der Waals surface area contributed by atoms with Gasteiger partial charge >= 0.3 is 0 Å². The predicted molar refractivity (Wildman–Crippen MR) is 78.7 cm³/mol. The molecule has 0 heterocycles. The molecule has 1 aliphatic rings. The summed E-state index contributed by atoms with van der Waals surface area (Å²) >= 11 is 0. The number of benzene rings is 1. The lowest BCUT2D eigenvalue weighted by molar-refractivity contribution is 0.415. The normalized spacial score (nSPS) is 25.6. The van der Waals surface area contributed by atoms with Crippen molar-refractivity contribution in [2.75, 3.05) is 0 Å². The summed E-state index contributed by atoms with van der Waals surface area (Å²) in [6.45, 7) is 6.82. The number of hydrogen-bond donors (Lipinski definition) is 1. The molecule has 0 radical (unpaired) electrons. The van der Waals surface area contributed by atoms with Crippen LogP contribution in [0.2, 0.25) is 0 Å². The summed E-state index contributed by atoms with van der Waals surface area (Å²) in [7, 11) is 0. The van der Waals surface area contributed by atoms with E-state index in [0.717, 1.165) is 18.3 Å². The molecular formula is C17H27N. The van der Waals surface area contributed by atoms with Gasteiger partial charge in [0.05, 0.1) is 0 Å². The molecule has 100 valence electrons. The molecule has 1 heteroatoms. The minimum atomic E-state index is 0.347. The van der Waals surface area contributed by atoms with Gasteiger partial charge in [-0.2, -0.15) is 0 Å². The third kappa shape index (κ3) is 3.35. The quantitative estimate of drug-likeness (QED) is 0.848. The molecule has 1 aromatic rings. The zero-order valence-electron chi connectivity index (χ0n) is 12.0. The summed E-state index contributed by atoms with van der Waals surface area (Å²) in [6, 6.07) is 9.37. The molecular weight excluding hydrogens is 218 g/mol. The topological polar surface area (TPSA) is 26.0 Å². The maximum absolute atomic E-state index is 6.37. The predicted octanol–water partition coefficient (Wildman–Crippen LogP) is 4.12. The van der Waals surface area contributed by atoms with Crippen molar-refractivity contribution in [3.8, 4) is 0 Å². The molecule has 1 aliphatic carbocycles. The molecule has 0 amide bonds. The zero-order valence-corrected chi connectivity index (χ0v) is 12.0. The Morgan fingerprint density at radius 1 is 1.17 bits per heavy atom. The average Bonchev–Trinajstić information content (AvgIpc) is 2.76. The SMILES string of the molecule is CC1CCC(C(N)Cc2ccc(C(C)C)cc2)C1. The van der Waals surface area contributed by atoms with Crippen LogP contribution in [-0.2, 0) is 6.42 Å². The second-order valence-electron chi connectivity index (χ2n) is 6.44. The van der Waals surface area contributed by atoms with Crippen molar-refractivity contribution in [1.82, 2.24) is 0 Å². The van der Waals surface area contributed by atoms with E-state index >= 15 is 0 Å². The van der Waals surface area contributed by atoms with Crippen LogP contribution in [0.4, 0.5) is 0 Å². The maximum atomic E-state index is 6.37. The molecule has 1 fully saturated rings. The Kier molecular flexibility index (Phi) is 4.45. The van der Waals surface area contributed by atoms with Crippen LogP contribution < -0.4 is 5.73 Å². The van der Waals surface area contributed by atoms with Gasteiger partial charge in [0.2, 0.25) is 0 Å². The number of rotatable bonds is 4. The van der Waals surface area contributed by atoms with Crippen LogP contribution in [0.15, 0.2) is 24.3 Å². The second-order valence-corrected chi connectivity index (χ2v) is 6.44. The van der Waals surface area contributed by atoms with E-state index in [4.69, 9.17) is 5.73 Å². The van der Waals surface area contributed by atoms with Gasteiger partial charge in [0.15, 0.2) is 0 Å². The van der Waals surface area contributed by atoms with Crippen molar-refractivity contribution in [2.45, 2.75) is 58.4 Å². The van der Waals surface area contributed by atoms with Gasteiger partial charge in [0.1, 0.15) is 0 Å². The molecule has 3 atom stereocenters. The van der Waals surface area contributed by atoms with Crippen LogP contribution >= 0.6 is 0 Å². The first kappa shape index (κ1) is 13.6. The highest BCUT2D eigenvalue weighted by Gasteiger charge is 2.26. The van der Waals surface area contributed by atoms with Crippen molar-refractivity contribution in [2.24, 2.45) is 17.6 Å². The van der Waals surface area contributed by atoms with Crippen molar-refractivity contribution in [3.05, 3.63) is 35.4 Å². The molecule has 18 heavy (non-hydrogen) atoms. The summed E-state index contributed by atoms with van der Waals surface area (Å²) in [5.41, 5.74) is 9.18. The Balaban J connectivity index is 1.92. The fraction of sp³-hybridized carbons (Fsp3) is 0.647. The van der Waals surface area contributed by atoms with Crippen molar-refractivity contribution >= 4 is 0 Å². The third-order valence-electron chi connectivity index (χ3n) is 4.46. The standard InChI is InChI=1S/C17H27N/c1-12(2)15-8-5-14(6-9-15)11-17(18)16-7-4-13(3)10-16/h5-6,8-9,12-13,16-17H,4,7,10-11,18H2,1-3H3. The summed E-state index contributed by atoms with van der Waals surface area (Å²) in [4.78, 5) is 0. The number of nitrogens with two attached hydrogens (primary N) is 1. The van der Waals surface area contributed by atoms with Crippen molar-refractivity contribution in [3.63, 3.8) is 0 Å². The van der Waals surface area contributed by atoms with E-state index in [1.165, 1.54) is 30.4 Å². The van der Waals surface area contributed by atoms with E-state index in [1.807, 2.05) is 0 Å². The summed E-state index contributed by atoms with van der Waals surface area (Å²) in [5.74, 6) is 2.23. The fourth-order valence-electron chi connectivity index (χ4n) is 3.12. The Morgan fingerprint density at radius 2 is 1.83 bits per heavy atom. The van der Waals surface area contributed by atoms with Crippen LogP contribution in [0.3, 0.4) is 0 Å². The van der Waals surface area contributed by atoms with Gasteiger partial charge in [-0.1, -0.05) is 51.5 Å². The Morgan fingerprint density at radius 3 is 2.33 bits per heavy atom. The molecule has 0 saturated heterocycles. The summed E-state index contributed by atoms with van der Waals surface area (Å²) in [5, 5.41) is 0. The molecule has 2 rings (SSSR count). The fourth-order valence-corrected chi connectivity index (χ4v) is 3.12. The Hall–Kier alpha value is -0.820. The molecule has 0 spiro atoms. The maximum Gasteiger partial charge on any atom is 0.0108 e. The molecule has 1 aromatic carbocycles. The van der Waals surface area contributed by atoms with Crippen LogP contribution in [0, 0.1) is 11.8 Å². The third-order valence-corrected chi connectivity index (χ3v) is 4.46. The largest absolute Gasteiger partial charge is 0.327 e. The first-order valence-corrected chi connectivity index (χ1v) is 7.40. The number of hydrogen-bond acceptors (Lipinski definition) is 1. The summed E-state index contributed by atoms with van der Waals surface area (Å²) in [6.07, 6.45) is 5.05. The van der Waals surface area contributed by atoms with E-state index in [-0.39, 0.29) is 0 Å². The van der Waals surface area contributed by atoms with Crippen LogP contribution in [0.5, 0.6) is 0 Å². The first-order chi connectivity index (χ1) is 8.56. The van der Waals surface area contributed by atoms with E-state index < -0.39 is 0 Å². The van der Waals surface area contributed by atoms with Crippen molar-refractivity contribution in [1.29, 1.82) is 0 Å². The zero-order chi connectivity index (χ0) is 13.1. The molecule has 2 N–H and O–H groups in total. The molecule has 1 nitrogen and oxygen atoms in total. The monoisotopic (exact) mass is 245 g/mol. The Bertz CT molecular complexity index is 366. The van der Waals surface area contributed by atoms with E-state index in [9.17, 15) is 0 Å². The lowest BCUT2D eigenvalue weighted by Crippen LogP contribution is -2.30. The van der Waals surface area contributed by atoms with E-state index in [1.54, 1.807) is 0 Å². The lowest BCUT2D eigenvalue weighted by Gasteiger charge is -2.19. The van der Waals surface area contributed by atoms with Crippen LogP contribution in [0.1, 0.15) is 57.1 Å². The highest BCUT2D eigenvalue weighted by atomic mass is 14.7. The molecule has 1 saturated carbocycles. The Labute approximate surface area is 112 Å². The van der Waals surface area contributed by atoms with Gasteiger partial charge < -0.3 is 5.73 Å². The molecule has 0 aromatic heterocycles. The molecule has 3 unspecified atom stereocenters. The van der Waals surface area contributed by atoms with E-state index in [0.29, 0.717) is 12.0 Å². The second kappa shape index (κ2) is 5.88. The van der Waals surface area contributed by atoms with Gasteiger partial charge in [-0.15, -0.1) is 0 Å².